The largest absolute Gasteiger partial charge is 0.493 e. The third kappa shape index (κ3) is 4.55. The lowest BCUT2D eigenvalue weighted by atomic mass is 9.99. The number of carbonyl (C=O) groups is 1. The van der Waals surface area contributed by atoms with Crippen LogP contribution in [0.15, 0.2) is 53.2 Å². The molecule has 32 heavy (non-hydrogen) atoms. The highest BCUT2D eigenvalue weighted by molar-refractivity contribution is 6.00. The number of halogens is 1. The topological polar surface area (TPSA) is 45.9 Å². The zero-order valence-electron chi connectivity index (χ0n) is 18.9. The van der Waals surface area contributed by atoms with Crippen LogP contribution >= 0.6 is 0 Å². The van der Waals surface area contributed by atoms with Gasteiger partial charge in [-0.2, -0.15) is 0 Å². The van der Waals surface area contributed by atoms with Gasteiger partial charge in [0, 0.05) is 54.8 Å². The van der Waals surface area contributed by atoms with Gasteiger partial charge in [-0.15, -0.1) is 0 Å². The first kappa shape index (κ1) is 22.1. The number of allylic oxidation sites excluding steroid dienone is 1. The van der Waals surface area contributed by atoms with E-state index in [0.717, 1.165) is 60.4 Å². The van der Waals surface area contributed by atoms with E-state index in [4.69, 9.17) is 9.15 Å². The van der Waals surface area contributed by atoms with Crippen LogP contribution in [0.3, 0.4) is 0 Å². The smallest absolute Gasteiger partial charge is 0.246 e. The number of hydrogen-bond acceptors (Lipinski definition) is 4. The molecule has 1 aliphatic rings. The van der Waals surface area contributed by atoms with Crippen molar-refractivity contribution in [1.82, 2.24) is 9.80 Å². The Morgan fingerprint density at radius 1 is 1.12 bits per heavy atom. The number of nitrogens with zero attached hydrogens (tertiary/aromatic N) is 2. The summed E-state index contributed by atoms with van der Waals surface area (Å²) in [6.07, 6.45) is 3.37. The summed E-state index contributed by atoms with van der Waals surface area (Å²) in [7, 11) is 0. The summed E-state index contributed by atoms with van der Waals surface area (Å²) >= 11 is 0. The van der Waals surface area contributed by atoms with Crippen LogP contribution in [0.25, 0.3) is 27.7 Å². The second-order valence-electron chi connectivity index (χ2n) is 8.02. The Morgan fingerprint density at radius 3 is 2.50 bits per heavy atom. The second-order valence-corrected chi connectivity index (χ2v) is 8.02. The Kier molecular flexibility index (Phi) is 6.61. The van der Waals surface area contributed by atoms with Crippen LogP contribution in [0.1, 0.15) is 26.3 Å². The van der Waals surface area contributed by atoms with Crippen molar-refractivity contribution in [3.8, 4) is 16.9 Å². The van der Waals surface area contributed by atoms with Gasteiger partial charge >= 0.3 is 0 Å². The van der Waals surface area contributed by atoms with E-state index in [2.05, 4.69) is 11.8 Å². The van der Waals surface area contributed by atoms with Crippen molar-refractivity contribution in [2.75, 3.05) is 39.3 Å². The highest BCUT2D eigenvalue weighted by atomic mass is 19.1. The van der Waals surface area contributed by atoms with Crippen LogP contribution < -0.4 is 4.74 Å². The molecule has 3 aromatic rings. The number of ether oxygens (including phenoxy) is 1. The van der Waals surface area contributed by atoms with Crippen molar-refractivity contribution in [2.45, 2.75) is 20.8 Å². The van der Waals surface area contributed by atoms with Gasteiger partial charge in [0.05, 0.1) is 12.9 Å². The van der Waals surface area contributed by atoms with Crippen molar-refractivity contribution < 1.29 is 18.3 Å². The Hall–Kier alpha value is -3.12. The number of piperazine rings is 1. The number of amides is 1. The van der Waals surface area contributed by atoms with E-state index in [1.165, 1.54) is 12.1 Å². The van der Waals surface area contributed by atoms with Gasteiger partial charge in [-0.1, -0.05) is 19.1 Å². The summed E-state index contributed by atoms with van der Waals surface area (Å²) in [6, 6.07) is 10.2. The third-order valence-corrected chi connectivity index (χ3v) is 6.03. The van der Waals surface area contributed by atoms with E-state index >= 15 is 0 Å². The number of rotatable bonds is 6. The van der Waals surface area contributed by atoms with Gasteiger partial charge in [-0.25, -0.2) is 4.39 Å². The number of carbonyl (C=O) groups excluding carboxylic acids is 1. The second kappa shape index (κ2) is 9.57. The molecule has 2 heterocycles. The van der Waals surface area contributed by atoms with Crippen molar-refractivity contribution in [3.63, 3.8) is 0 Å². The first-order valence-corrected chi connectivity index (χ1v) is 11.1. The maximum absolute atomic E-state index is 13.4. The molecule has 0 unspecified atom stereocenters. The minimum atomic E-state index is -0.280. The van der Waals surface area contributed by atoms with E-state index in [1.54, 1.807) is 24.5 Å². The normalized spacial score (nSPS) is 15.4. The van der Waals surface area contributed by atoms with E-state index < -0.39 is 0 Å². The zero-order valence-corrected chi connectivity index (χ0v) is 18.9. The Morgan fingerprint density at radius 2 is 1.84 bits per heavy atom. The van der Waals surface area contributed by atoms with E-state index in [0.29, 0.717) is 17.9 Å². The molecule has 0 radical (unpaired) electrons. The predicted octanol–water partition coefficient (Wildman–Crippen LogP) is 5.21. The fraction of sp³-hybridized carbons (Fsp3) is 0.346. The molecule has 6 heteroatoms. The van der Waals surface area contributed by atoms with Crippen molar-refractivity contribution >= 4 is 22.4 Å². The molecule has 0 atom stereocenters. The monoisotopic (exact) mass is 436 g/mol. The molecule has 1 aliphatic heterocycles. The lowest BCUT2D eigenvalue weighted by Crippen LogP contribution is -2.48. The van der Waals surface area contributed by atoms with Crippen molar-refractivity contribution in [2.24, 2.45) is 0 Å². The molecule has 2 aromatic carbocycles. The molecule has 0 N–H and O–H groups in total. The van der Waals surface area contributed by atoms with Crippen LogP contribution in [-0.4, -0.2) is 55.0 Å². The molecule has 1 fully saturated rings. The van der Waals surface area contributed by atoms with Crippen LogP contribution in [0.4, 0.5) is 4.39 Å². The maximum Gasteiger partial charge on any atom is 0.246 e. The molecule has 1 aromatic heterocycles. The molecule has 5 nitrogen and oxygen atoms in total. The molecule has 0 aliphatic carbocycles. The van der Waals surface area contributed by atoms with Crippen LogP contribution in [-0.2, 0) is 4.79 Å². The molecule has 168 valence electrons. The quantitative estimate of drug-likeness (QED) is 0.498. The highest BCUT2D eigenvalue weighted by Gasteiger charge is 2.20. The Bertz CT molecular complexity index is 1130. The van der Waals surface area contributed by atoms with Crippen molar-refractivity contribution in [3.05, 3.63) is 60.1 Å². The minimum absolute atomic E-state index is 0.0201. The summed E-state index contributed by atoms with van der Waals surface area (Å²) < 4.78 is 25.0. The van der Waals surface area contributed by atoms with Gasteiger partial charge in [-0.05, 0) is 49.7 Å². The summed E-state index contributed by atoms with van der Waals surface area (Å²) in [5, 5.41) is 0.895. The van der Waals surface area contributed by atoms with E-state index in [-0.39, 0.29) is 11.7 Å². The van der Waals surface area contributed by atoms with Crippen molar-refractivity contribution in [1.29, 1.82) is 0 Å². The summed E-state index contributed by atoms with van der Waals surface area (Å²) in [5.74, 6) is 0.419. The molecule has 1 amide bonds. The van der Waals surface area contributed by atoms with Gasteiger partial charge in [0.2, 0.25) is 5.91 Å². The number of likely N-dealkylation sites (N-methyl/N-ethyl adjacent to an activating group) is 1. The number of furan rings is 1. The van der Waals surface area contributed by atoms with Gasteiger partial charge in [-0.3, -0.25) is 4.79 Å². The highest BCUT2D eigenvalue weighted by Crippen LogP contribution is 2.37. The summed E-state index contributed by atoms with van der Waals surface area (Å²) in [6.45, 7) is 10.8. The molecule has 0 bridgehead atoms. The fourth-order valence-corrected chi connectivity index (χ4v) is 4.13. The van der Waals surface area contributed by atoms with Gasteiger partial charge in [0.25, 0.3) is 0 Å². The fourth-order valence-electron chi connectivity index (χ4n) is 4.13. The third-order valence-electron chi connectivity index (χ3n) is 6.03. The molecule has 4 rings (SSSR count). The standard InChI is InChI=1S/C26H29FN2O3/c1-4-28-10-12-29(13-11-28)26(30)14-18(3)21-15-22-23(19-6-8-20(27)9-7-19)17-32-25(22)16-24(21)31-5-2/h6-9,14-17H,4-5,10-13H2,1-3H3/b18-14+. The van der Waals surface area contributed by atoms with Crippen LogP contribution in [0.5, 0.6) is 5.75 Å². The predicted molar refractivity (Wildman–Crippen MR) is 125 cm³/mol. The first-order chi connectivity index (χ1) is 15.5. The molecule has 0 saturated carbocycles. The summed E-state index contributed by atoms with van der Waals surface area (Å²) in [5.41, 5.74) is 4.12. The zero-order chi connectivity index (χ0) is 22.7. The molecule has 0 spiro atoms. The molecule has 1 saturated heterocycles. The Labute approximate surface area is 188 Å². The SMILES string of the molecule is CCOc1cc2occ(-c3ccc(F)cc3)c2cc1/C(C)=C/C(=O)N1CCN(CC)CC1. The van der Waals surface area contributed by atoms with Crippen LogP contribution in [0, 0.1) is 5.82 Å². The average Bonchev–Trinajstić information content (AvgIpc) is 3.22. The number of fused-ring (bicyclic) bond motifs is 1. The maximum atomic E-state index is 13.4. The lowest BCUT2D eigenvalue weighted by molar-refractivity contribution is -0.127. The van der Waals surface area contributed by atoms with Gasteiger partial charge < -0.3 is 19.0 Å². The number of hydrogen-bond donors (Lipinski definition) is 0. The van der Waals surface area contributed by atoms with E-state index in [1.807, 2.05) is 30.9 Å². The lowest BCUT2D eigenvalue weighted by Gasteiger charge is -2.33. The Balaban J connectivity index is 1.68. The number of benzene rings is 2. The first-order valence-electron chi connectivity index (χ1n) is 11.1. The van der Waals surface area contributed by atoms with Gasteiger partial charge in [0.1, 0.15) is 17.1 Å². The van der Waals surface area contributed by atoms with Gasteiger partial charge in [0.15, 0.2) is 0 Å². The minimum Gasteiger partial charge on any atom is -0.493 e. The van der Waals surface area contributed by atoms with Crippen LogP contribution in [0.2, 0.25) is 0 Å². The van der Waals surface area contributed by atoms with E-state index in [9.17, 15) is 9.18 Å². The molecular weight excluding hydrogens is 407 g/mol. The molecular formula is C26H29FN2O3. The summed E-state index contributed by atoms with van der Waals surface area (Å²) in [4.78, 5) is 17.2. The average molecular weight is 437 g/mol.